The first-order valence-electron chi connectivity index (χ1n) is 6.81. The maximum Gasteiger partial charge on any atom is -0.0259 e. The second-order valence-corrected chi connectivity index (χ2v) is 4.65. The van der Waals surface area contributed by atoms with E-state index in [1.807, 2.05) is 6.08 Å². The molecule has 19 heavy (non-hydrogen) atoms. The van der Waals surface area contributed by atoms with Gasteiger partial charge in [0, 0.05) is 0 Å². The molecule has 0 amide bonds. The van der Waals surface area contributed by atoms with Crippen molar-refractivity contribution >= 4 is 12.2 Å². The summed E-state index contributed by atoms with van der Waals surface area (Å²) in [7, 11) is 0. The van der Waals surface area contributed by atoms with Crippen LogP contribution in [0.4, 0.5) is 0 Å². The smallest absolute Gasteiger partial charge is 0.0259 e. The Morgan fingerprint density at radius 2 is 1.53 bits per heavy atom. The second kappa shape index (κ2) is 7.38. The summed E-state index contributed by atoms with van der Waals surface area (Å²) < 4.78 is 0. The summed E-state index contributed by atoms with van der Waals surface area (Å²) in [5, 5.41) is 0. The van der Waals surface area contributed by atoms with Gasteiger partial charge in [0.15, 0.2) is 0 Å². The van der Waals surface area contributed by atoms with Crippen LogP contribution in [0, 0.1) is 0 Å². The summed E-state index contributed by atoms with van der Waals surface area (Å²) in [5.74, 6) is 0. The summed E-state index contributed by atoms with van der Waals surface area (Å²) in [6.45, 7) is 3.76. The van der Waals surface area contributed by atoms with Gasteiger partial charge >= 0.3 is 0 Å². The summed E-state index contributed by atoms with van der Waals surface area (Å²) in [6.07, 6.45) is 9.79. The zero-order chi connectivity index (χ0) is 13.3. The number of unbranched alkanes of at least 4 members (excludes halogenated alkanes) is 1. The lowest BCUT2D eigenvalue weighted by molar-refractivity contribution is 0.845. The molecule has 0 nitrogen and oxygen atoms in total. The number of rotatable bonds is 6. The van der Waals surface area contributed by atoms with Gasteiger partial charge in [0.2, 0.25) is 0 Å². The lowest BCUT2D eigenvalue weighted by Gasteiger charge is -1.98. The molecule has 0 aliphatic heterocycles. The molecule has 0 N–H and O–H groups in total. The van der Waals surface area contributed by atoms with Crippen molar-refractivity contribution in [2.75, 3.05) is 0 Å². The van der Waals surface area contributed by atoms with Gasteiger partial charge in [-0.15, -0.1) is 0 Å². The van der Waals surface area contributed by atoms with Crippen LogP contribution in [0.5, 0.6) is 0 Å². The Kier molecular flexibility index (Phi) is 5.18. The first-order chi connectivity index (χ1) is 9.38. The molecule has 0 radical (unpaired) electrons. The fourth-order valence-electron chi connectivity index (χ4n) is 2.03. The molecule has 0 saturated carbocycles. The van der Waals surface area contributed by atoms with Gasteiger partial charge in [-0.05, 0) is 36.0 Å². The van der Waals surface area contributed by atoms with Crippen LogP contribution in [-0.2, 0) is 6.42 Å². The summed E-state index contributed by atoms with van der Waals surface area (Å²) in [6, 6.07) is 19.1. The fourth-order valence-corrected chi connectivity index (χ4v) is 2.03. The number of allylic oxidation sites excluding steroid dienone is 1. The SMILES string of the molecule is C=Cc1ccc(/C=C/CCCc2ccccc2)cc1. The van der Waals surface area contributed by atoms with Gasteiger partial charge in [0.25, 0.3) is 0 Å². The average Bonchev–Trinajstić information content (AvgIpc) is 2.49. The molecule has 0 heteroatoms. The Morgan fingerprint density at radius 3 is 2.21 bits per heavy atom. The van der Waals surface area contributed by atoms with Crippen molar-refractivity contribution in [3.8, 4) is 0 Å². The predicted molar refractivity (Wildman–Crippen MR) is 84.9 cm³/mol. The number of hydrogen-bond donors (Lipinski definition) is 0. The molecule has 0 saturated heterocycles. The van der Waals surface area contributed by atoms with Crippen molar-refractivity contribution in [2.24, 2.45) is 0 Å². The molecule has 96 valence electrons. The van der Waals surface area contributed by atoms with Crippen molar-refractivity contribution < 1.29 is 0 Å². The molecule has 0 atom stereocenters. The van der Waals surface area contributed by atoms with Crippen LogP contribution in [-0.4, -0.2) is 0 Å². The molecule has 0 bridgehead atoms. The lowest BCUT2D eigenvalue weighted by atomic mass is 10.1. The average molecular weight is 248 g/mol. The molecule has 0 spiro atoms. The van der Waals surface area contributed by atoms with Gasteiger partial charge in [0.05, 0.1) is 0 Å². The topological polar surface area (TPSA) is 0 Å². The highest BCUT2D eigenvalue weighted by Crippen LogP contribution is 2.09. The first kappa shape index (κ1) is 13.4. The van der Waals surface area contributed by atoms with E-state index in [1.165, 1.54) is 23.1 Å². The predicted octanol–water partition coefficient (Wildman–Crippen LogP) is 5.37. The van der Waals surface area contributed by atoms with Crippen LogP contribution >= 0.6 is 0 Å². The molecule has 0 aromatic heterocycles. The number of hydrogen-bond acceptors (Lipinski definition) is 0. The summed E-state index contributed by atoms with van der Waals surface area (Å²) in [5.41, 5.74) is 3.85. The van der Waals surface area contributed by atoms with Crippen molar-refractivity contribution in [2.45, 2.75) is 19.3 Å². The minimum atomic E-state index is 1.12. The van der Waals surface area contributed by atoms with E-state index in [1.54, 1.807) is 0 Å². The van der Waals surface area contributed by atoms with Gasteiger partial charge < -0.3 is 0 Å². The zero-order valence-electron chi connectivity index (χ0n) is 11.3. The minimum Gasteiger partial charge on any atom is -0.0985 e. The maximum absolute atomic E-state index is 3.76. The van der Waals surface area contributed by atoms with Crippen LogP contribution in [0.3, 0.4) is 0 Å². The van der Waals surface area contributed by atoms with Crippen LogP contribution in [0.2, 0.25) is 0 Å². The van der Waals surface area contributed by atoms with E-state index in [-0.39, 0.29) is 0 Å². The summed E-state index contributed by atoms with van der Waals surface area (Å²) in [4.78, 5) is 0. The Labute approximate surface area is 116 Å². The molecule has 2 rings (SSSR count). The number of aryl methyl sites for hydroxylation is 1. The van der Waals surface area contributed by atoms with Gasteiger partial charge in [-0.3, -0.25) is 0 Å². The van der Waals surface area contributed by atoms with Gasteiger partial charge in [-0.1, -0.05) is 79.4 Å². The molecule has 0 fully saturated rings. The quantitative estimate of drug-likeness (QED) is 0.603. The Bertz CT molecular complexity index is 518. The molecular weight excluding hydrogens is 228 g/mol. The normalized spacial score (nSPS) is 10.7. The third kappa shape index (κ3) is 4.59. The van der Waals surface area contributed by atoms with Gasteiger partial charge in [-0.25, -0.2) is 0 Å². The largest absolute Gasteiger partial charge is 0.0985 e. The van der Waals surface area contributed by atoms with E-state index < -0.39 is 0 Å². The van der Waals surface area contributed by atoms with Crippen molar-refractivity contribution in [1.29, 1.82) is 0 Å². The third-order valence-corrected chi connectivity index (χ3v) is 3.16. The molecule has 0 heterocycles. The van der Waals surface area contributed by atoms with E-state index >= 15 is 0 Å². The van der Waals surface area contributed by atoms with Crippen LogP contribution in [0.1, 0.15) is 29.5 Å². The highest BCUT2D eigenvalue weighted by molar-refractivity contribution is 5.54. The van der Waals surface area contributed by atoms with E-state index in [9.17, 15) is 0 Å². The first-order valence-corrected chi connectivity index (χ1v) is 6.81. The van der Waals surface area contributed by atoms with E-state index in [4.69, 9.17) is 0 Å². The molecule has 2 aromatic carbocycles. The molecule has 0 aliphatic rings. The van der Waals surface area contributed by atoms with Crippen molar-refractivity contribution in [1.82, 2.24) is 0 Å². The molecule has 2 aromatic rings. The lowest BCUT2D eigenvalue weighted by Crippen LogP contribution is -1.82. The second-order valence-electron chi connectivity index (χ2n) is 4.65. The molecular formula is C19H20. The highest BCUT2D eigenvalue weighted by atomic mass is 14.0. The Morgan fingerprint density at radius 1 is 0.842 bits per heavy atom. The Balaban J connectivity index is 1.75. The number of benzene rings is 2. The van der Waals surface area contributed by atoms with E-state index in [0.29, 0.717) is 0 Å². The van der Waals surface area contributed by atoms with E-state index in [0.717, 1.165) is 12.8 Å². The van der Waals surface area contributed by atoms with Gasteiger partial charge in [-0.2, -0.15) is 0 Å². The third-order valence-electron chi connectivity index (χ3n) is 3.16. The standard InChI is InChI=1S/C19H20/c1-2-17-13-15-19(16-14-17)12-8-4-7-11-18-9-5-3-6-10-18/h2-3,5-6,8-10,12-16H,1,4,7,11H2/b12-8+. The van der Waals surface area contributed by atoms with Crippen LogP contribution in [0.25, 0.3) is 12.2 Å². The van der Waals surface area contributed by atoms with Crippen LogP contribution < -0.4 is 0 Å². The zero-order valence-corrected chi connectivity index (χ0v) is 11.3. The minimum absolute atomic E-state index is 1.12. The molecule has 0 aliphatic carbocycles. The monoisotopic (exact) mass is 248 g/mol. The Hall–Kier alpha value is -2.08. The van der Waals surface area contributed by atoms with Gasteiger partial charge in [0.1, 0.15) is 0 Å². The summed E-state index contributed by atoms with van der Waals surface area (Å²) >= 11 is 0. The van der Waals surface area contributed by atoms with Crippen molar-refractivity contribution in [3.63, 3.8) is 0 Å². The molecule has 0 unspecified atom stereocenters. The van der Waals surface area contributed by atoms with Crippen LogP contribution in [0.15, 0.2) is 67.3 Å². The van der Waals surface area contributed by atoms with E-state index in [2.05, 4.69) is 73.3 Å². The van der Waals surface area contributed by atoms with Crippen molar-refractivity contribution in [3.05, 3.63) is 83.9 Å². The maximum atomic E-state index is 3.76. The fraction of sp³-hybridized carbons (Fsp3) is 0.158. The highest BCUT2D eigenvalue weighted by Gasteiger charge is 1.90.